The second-order valence-corrected chi connectivity index (χ2v) is 5.15. The summed E-state index contributed by atoms with van der Waals surface area (Å²) in [4.78, 5) is 5.62. The van der Waals surface area contributed by atoms with E-state index in [2.05, 4.69) is 10.1 Å². The minimum absolute atomic E-state index is 0.494. The number of rotatable bonds is 3. The van der Waals surface area contributed by atoms with E-state index in [0.717, 1.165) is 11.1 Å². The molecule has 0 aliphatic carbocycles. The van der Waals surface area contributed by atoms with Gasteiger partial charge in [-0.25, -0.2) is 0 Å². The number of benzene rings is 2. The van der Waals surface area contributed by atoms with E-state index >= 15 is 0 Å². The van der Waals surface area contributed by atoms with Gasteiger partial charge in [0.25, 0.3) is 5.89 Å². The molecule has 0 fully saturated rings. The highest BCUT2D eigenvalue weighted by atomic mass is 32.2. The van der Waals surface area contributed by atoms with Gasteiger partial charge in [0.1, 0.15) is 0 Å². The SMILES string of the molecule is CSc1ccc(-c2noc(-c3ccc(N)cc3)n2)cc1. The average molecular weight is 283 g/mol. The van der Waals surface area contributed by atoms with Crippen molar-refractivity contribution in [2.45, 2.75) is 4.90 Å². The van der Waals surface area contributed by atoms with Gasteiger partial charge in [-0.1, -0.05) is 5.16 Å². The Morgan fingerprint density at radius 2 is 1.60 bits per heavy atom. The Kier molecular flexibility index (Phi) is 3.43. The Morgan fingerprint density at radius 3 is 2.25 bits per heavy atom. The number of nitrogens with two attached hydrogens (primary N) is 1. The topological polar surface area (TPSA) is 64.9 Å². The summed E-state index contributed by atoms with van der Waals surface area (Å²) in [5, 5.41) is 4.02. The molecule has 1 heterocycles. The van der Waals surface area contributed by atoms with E-state index in [-0.39, 0.29) is 0 Å². The van der Waals surface area contributed by atoms with Gasteiger partial charge in [-0.2, -0.15) is 4.98 Å². The summed E-state index contributed by atoms with van der Waals surface area (Å²) in [6, 6.07) is 15.4. The summed E-state index contributed by atoms with van der Waals surface area (Å²) in [6.07, 6.45) is 2.04. The predicted molar refractivity (Wildman–Crippen MR) is 81.4 cm³/mol. The van der Waals surface area contributed by atoms with Crippen molar-refractivity contribution in [3.05, 3.63) is 48.5 Å². The first-order valence-electron chi connectivity index (χ1n) is 6.10. The van der Waals surface area contributed by atoms with Gasteiger partial charge < -0.3 is 10.3 Å². The zero-order valence-corrected chi connectivity index (χ0v) is 11.7. The second kappa shape index (κ2) is 5.38. The molecule has 0 aliphatic heterocycles. The van der Waals surface area contributed by atoms with Crippen LogP contribution in [0.1, 0.15) is 0 Å². The molecular weight excluding hydrogens is 270 g/mol. The normalized spacial score (nSPS) is 10.7. The molecule has 0 bridgehead atoms. The van der Waals surface area contributed by atoms with Crippen LogP contribution in [0, 0.1) is 0 Å². The van der Waals surface area contributed by atoms with Crippen molar-refractivity contribution < 1.29 is 4.52 Å². The molecule has 1 aromatic heterocycles. The Morgan fingerprint density at radius 1 is 0.950 bits per heavy atom. The van der Waals surface area contributed by atoms with Crippen molar-refractivity contribution in [2.24, 2.45) is 0 Å². The molecule has 2 N–H and O–H groups in total. The summed E-state index contributed by atoms with van der Waals surface area (Å²) in [7, 11) is 0. The molecule has 0 atom stereocenters. The molecule has 100 valence electrons. The lowest BCUT2D eigenvalue weighted by atomic mass is 10.2. The number of thioether (sulfide) groups is 1. The van der Waals surface area contributed by atoms with Crippen molar-refractivity contribution in [1.29, 1.82) is 0 Å². The maximum atomic E-state index is 5.66. The smallest absolute Gasteiger partial charge is 0.258 e. The highest BCUT2D eigenvalue weighted by Gasteiger charge is 2.10. The van der Waals surface area contributed by atoms with Crippen molar-refractivity contribution in [1.82, 2.24) is 10.1 Å². The zero-order valence-electron chi connectivity index (χ0n) is 10.9. The molecule has 0 aliphatic rings. The molecule has 0 saturated carbocycles. The van der Waals surface area contributed by atoms with E-state index in [1.807, 2.05) is 54.8 Å². The van der Waals surface area contributed by atoms with Gasteiger partial charge in [-0.3, -0.25) is 0 Å². The Labute approximate surface area is 121 Å². The van der Waals surface area contributed by atoms with Gasteiger partial charge in [-0.05, 0) is 54.8 Å². The second-order valence-electron chi connectivity index (χ2n) is 4.27. The number of hydrogen-bond donors (Lipinski definition) is 1. The maximum Gasteiger partial charge on any atom is 0.258 e. The molecule has 0 spiro atoms. The monoisotopic (exact) mass is 283 g/mol. The third-order valence-corrected chi connectivity index (χ3v) is 3.68. The van der Waals surface area contributed by atoms with Crippen LogP contribution in [-0.4, -0.2) is 16.4 Å². The van der Waals surface area contributed by atoms with Gasteiger partial charge >= 0.3 is 0 Å². The molecule has 0 amide bonds. The third kappa shape index (κ3) is 2.53. The summed E-state index contributed by atoms with van der Waals surface area (Å²) in [5.41, 5.74) is 8.17. The number of nitrogen functional groups attached to an aromatic ring is 1. The number of nitrogens with zero attached hydrogens (tertiary/aromatic N) is 2. The van der Waals surface area contributed by atoms with Crippen LogP contribution in [0.25, 0.3) is 22.8 Å². The van der Waals surface area contributed by atoms with Crippen molar-refractivity contribution in [3.63, 3.8) is 0 Å². The maximum absolute atomic E-state index is 5.66. The zero-order chi connectivity index (χ0) is 13.9. The first-order chi connectivity index (χ1) is 9.76. The predicted octanol–water partition coefficient (Wildman–Crippen LogP) is 3.71. The highest BCUT2D eigenvalue weighted by Crippen LogP contribution is 2.24. The Balaban J connectivity index is 1.91. The van der Waals surface area contributed by atoms with Gasteiger partial charge in [0.05, 0.1) is 0 Å². The van der Waals surface area contributed by atoms with E-state index < -0.39 is 0 Å². The van der Waals surface area contributed by atoms with E-state index in [4.69, 9.17) is 10.3 Å². The quantitative estimate of drug-likeness (QED) is 0.586. The molecule has 4 nitrogen and oxygen atoms in total. The molecular formula is C15H13N3OS. The minimum Gasteiger partial charge on any atom is -0.399 e. The van der Waals surface area contributed by atoms with Gasteiger partial charge in [0.15, 0.2) is 0 Å². The lowest BCUT2D eigenvalue weighted by Gasteiger charge is -1.97. The first-order valence-corrected chi connectivity index (χ1v) is 7.33. The van der Waals surface area contributed by atoms with Gasteiger partial charge in [-0.15, -0.1) is 11.8 Å². The molecule has 5 heteroatoms. The summed E-state index contributed by atoms with van der Waals surface area (Å²) in [5.74, 6) is 1.08. The van der Waals surface area contributed by atoms with Crippen molar-refractivity contribution in [2.75, 3.05) is 12.0 Å². The van der Waals surface area contributed by atoms with Crippen LogP contribution in [0.15, 0.2) is 57.9 Å². The lowest BCUT2D eigenvalue weighted by molar-refractivity contribution is 0.432. The van der Waals surface area contributed by atoms with Crippen LogP contribution in [-0.2, 0) is 0 Å². The summed E-state index contributed by atoms with van der Waals surface area (Å²) < 4.78 is 5.29. The Bertz CT molecular complexity index is 705. The molecule has 0 saturated heterocycles. The molecule has 3 aromatic rings. The highest BCUT2D eigenvalue weighted by molar-refractivity contribution is 7.98. The molecule has 0 unspecified atom stereocenters. The van der Waals surface area contributed by atoms with Crippen LogP contribution in [0.4, 0.5) is 5.69 Å². The van der Waals surface area contributed by atoms with Crippen LogP contribution in [0.3, 0.4) is 0 Å². The van der Waals surface area contributed by atoms with Gasteiger partial charge in [0, 0.05) is 21.7 Å². The van der Waals surface area contributed by atoms with E-state index in [1.54, 1.807) is 11.8 Å². The van der Waals surface area contributed by atoms with Crippen molar-refractivity contribution >= 4 is 17.4 Å². The summed E-state index contributed by atoms with van der Waals surface area (Å²) >= 11 is 1.70. The fourth-order valence-corrected chi connectivity index (χ4v) is 2.23. The van der Waals surface area contributed by atoms with E-state index in [0.29, 0.717) is 17.4 Å². The first kappa shape index (κ1) is 12.7. The van der Waals surface area contributed by atoms with Crippen molar-refractivity contribution in [3.8, 4) is 22.8 Å². The van der Waals surface area contributed by atoms with E-state index in [9.17, 15) is 0 Å². The van der Waals surface area contributed by atoms with Crippen LogP contribution in [0.2, 0.25) is 0 Å². The number of aromatic nitrogens is 2. The molecule has 0 radical (unpaired) electrons. The fourth-order valence-electron chi connectivity index (χ4n) is 1.82. The Hall–Kier alpha value is -2.27. The summed E-state index contributed by atoms with van der Waals surface area (Å²) in [6.45, 7) is 0. The standard InChI is InChI=1S/C15H13N3OS/c1-20-13-8-4-10(5-9-13)14-17-15(19-18-14)11-2-6-12(16)7-3-11/h2-9H,16H2,1H3. The molecule has 3 rings (SSSR count). The molecule has 20 heavy (non-hydrogen) atoms. The average Bonchev–Trinajstić information content (AvgIpc) is 2.98. The van der Waals surface area contributed by atoms with Gasteiger partial charge in [0.2, 0.25) is 5.82 Å². The minimum atomic E-state index is 0.494. The number of anilines is 1. The number of hydrogen-bond acceptors (Lipinski definition) is 5. The van der Waals surface area contributed by atoms with E-state index in [1.165, 1.54) is 4.90 Å². The van der Waals surface area contributed by atoms with Crippen LogP contribution in [0.5, 0.6) is 0 Å². The molecule has 2 aromatic carbocycles. The fraction of sp³-hybridized carbons (Fsp3) is 0.0667. The lowest BCUT2D eigenvalue weighted by Crippen LogP contribution is -1.84. The largest absolute Gasteiger partial charge is 0.399 e. The third-order valence-electron chi connectivity index (χ3n) is 2.93. The van der Waals surface area contributed by atoms with Crippen LogP contribution < -0.4 is 5.73 Å². The van der Waals surface area contributed by atoms with Crippen LogP contribution >= 0.6 is 11.8 Å².